The predicted molar refractivity (Wildman–Crippen MR) is 96.0 cm³/mol. The van der Waals surface area contributed by atoms with E-state index < -0.39 is 0 Å². The highest BCUT2D eigenvalue weighted by molar-refractivity contribution is 5.26. The Balaban J connectivity index is 1.80. The molecule has 2 aliphatic carbocycles. The number of rotatable bonds is 5. The summed E-state index contributed by atoms with van der Waals surface area (Å²) in [5.74, 6) is 7.28. The normalized spacial score (nSPS) is 31.8. The predicted octanol–water partition coefficient (Wildman–Crippen LogP) is 4.58. The first kappa shape index (κ1) is 18.6. The third-order valence-electron chi connectivity index (χ3n) is 5.59. The van der Waals surface area contributed by atoms with Crippen molar-refractivity contribution >= 4 is 0 Å². The Morgan fingerprint density at radius 3 is 2.87 bits per heavy atom. The summed E-state index contributed by atoms with van der Waals surface area (Å²) in [6.45, 7) is 12.3. The molecule has 0 radical (unpaired) electrons. The highest BCUT2D eigenvalue weighted by Gasteiger charge is 2.47. The molecule has 0 bridgehead atoms. The van der Waals surface area contributed by atoms with Crippen LogP contribution in [0.4, 0.5) is 0 Å². The quantitative estimate of drug-likeness (QED) is 0.457. The van der Waals surface area contributed by atoms with Gasteiger partial charge in [-0.25, -0.2) is 0 Å². The van der Waals surface area contributed by atoms with E-state index in [0.29, 0.717) is 18.4 Å². The molecule has 2 rings (SSSR count). The molecule has 0 aromatic heterocycles. The maximum atomic E-state index is 10.3. The van der Waals surface area contributed by atoms with E-state index >= 15 is 0 Å². The summed E-state index contributed by atoms with van der Waals surface area (Å²) in [7, 11) is 0. The third kappa shape index (κ3) is 4.61. The van der Waals surface area contributed by atoms with E-state index in [9.17, 15) is 5.11 Å². The summed E-state index contributed by atoms with van der Waals surface area (Å²) >= 11 is 0. The molecule has 2 aliphatic rings. The van der Waals surface area contributed by atoms with Gasteiger partial charge < -0.3 is 9.84 Å². The second-order valence-corrected chi connectivity index (χ2v) is 8.67. The van der Waals surface area contributed by atoms with Crippen molar-refractivity contribution in [2.75, 3.05) is 13.2 Å². The van der Waals surface area contributed by atoms with Crippen molar-refractivity contribution in [3.8, 4) is 11.8 Å². The number of ether oxygens (including phenoxy) is 1. The molecule has 1 fully saturated rings. The van der Waals surface area contributed by atoms with E-state index in [2.05, 4.69) is 52.5 Å². The summed E-state index contributed by atoms with van der Waals surface area (Å²) in [6.07, 6.45) is 7.74. The zero-order valence-electron chi connectivity index (χ0n) is 15.6. The van der Waals surface area contributed by atoms with E-state index in [-0.39, 0.29) is 16.9 Å². The lowest BCUT2D eigenvalue weighted by Gasteiger charge is -2.43. The van der Waals surface area contributed by atoms with Gasteiger partial charge in [0.25, 0.3) is 0 Å². The standard InChI is InChI=1S/C21H34O2/c1-16(11-15-23-14-7-12-20(2,3)4)17-9-10-18-19(22)8-6-13-21(17,18)5/h9,16,18-19,22H,6,8,10-11,13-15H2,1-5H3/t16-,18+,19+,21-/m1/s1. The van der Waals surface area contributed by atoms with Gasteiger partial charge >= 0.3 is 0 Å². The van der Waals surface area contributed by atoms with E-state index in [1.165, 1.54) is 6.42 Å². The van der Waals surface area contributed by atoms with Crippen molar-refractivity contribution in [2.45, 2.75) is 72.8 Å². The van der Waals surface area contributed by atoms with Gasteiger partial charge in [0.05, 0.1) is 6.10 Å². The average Bonchev–Trinajstić information content (AvgIpc) is 2.80. The molecule has 4 atom stereocenters. The van der Waals surface area contributed by atoms with Gasteiger partial charge in [0.1, 0.15) is 6.61 Å². The molecular weight excluding hydrogens is 284 g/mol. The first-order chi connectivity index (χ1) is 10.7. The number of aliphatic hydroxyl groups is 1. The van der Waals surface area contributed by atoms with Crippen molar-refractivity contribution in [2.24, 2.45) is 22.7 Å². The molecule has 0 aromatic carbocycles. The van der Waals surface area contributed by atoms with Crippen molar-refractivity contribution in [1.82, 2.24) is 0 Å². The van der Waals surface area contributed by atoms with Crippen molar-refractivity contribution < 1.29 is 9.84 Å². The number of allylic oxidation sites excluding steroid dienone is 2. The largest absolute Gasteiger partial charge is 0.393 e. The fraction of sp³-hybridized carbons (Fsp3) is 0.810. The van der Waals surface area contributed by atoms with Crippen LogP contribution in [0.2, 0.25) is 0 Å². The number of fused-ring (bicyclic) bond motifs is 1. The van der Waals surface area contributed by atoms with E-state index in [4.69, 9.17) is 4.74 Å². The molecule has 2 heteroatoms. The minimum Gasteiger partial charge on any atom is -0.393 e. The van der Waals surface area contributed by atoms with Crippen molar-refractivity contribution in [3.63, 3.8) is 0 Å². The van der Waals surface area contributed by atoms with Gasteiger partial charge in [-0.2, -0.15) is 0 Å². The molecule has 0 amide bonds. The summed E-state index contributed by atoms with van der Waals surface area (Å²) in [5.41, 5.74) is 1.82. The molecule has 2 nitrogen and oxygen atoms in total. The Bertz CT molecular complexity index is 488. The van der Waals surface area contributed by atoms with E-state index in [0.717, 1.165) is 32.3 Å². The molecule has 0 unspecified atom stereocenters. The van der Waals surface area contributed by atoms with Gasteiger partial charge in [0.15, 0.2) is 0 Å². The lowest BCUT2D eigenvalue weighted by molar-refractivity contribution is 0.00717. The molecule has 0 aromatic rings. The SMILES string of the molecule is C[C@H](CCOCC#CC(C)(C)C)C1=CC[C@H]2[C@@H](O)CCC[C@]12C. The van der Waals surface area contributed by atoms with Gasteiger partial charge in [0, 0.05) is 12.0 Å². The minimum absolute atomic E-state index is 0.0523. The first-order valence-corrected chi connectivity index (χ1v) is 9.20. The molecule has 0 aliphatic heterocycles. The minimum atomic E-state index is -0.112. The van der Waals surface area contributed by atoms with Crippen LogP contribution in [0.3, 0.4) is 0 Å². The number of hydrogen-bond donors (Lipinski definition) is 1. The maximum Gasteiger partial charge on any atom is 0.107 e. The zero-order chi connectivity index (χ0) is 17.1. The second kappa shape index (κ2) is 7.41. The second-order valence-electron chi connectivity index (χ2n) is 8.67. The highest BCUT2D eigenvalue weighted by Crippen LogP contribution is 2.54. The molecular formula is C21H34O2. The Labute approximate surface area is 142 Å². The maximum absolute atomic E-state index is 10.3. The lowest BCUT2D eigenvalue weighted by Crippen LogP contribution is -2.39. The van der Waals surface area contributed by atoms with E-state index in [1.807, 2.05) is 0 Å². The van der Waals surface area contributed by atoms with Crippen LogP contribution in [0.1, 0.15) is 66.7 Å². The topological polar surface area (TPSA) is 29.5 Å². The fourth-order valence-electron chi connectivity index (χ4n) is 4.36. The Morgan fingerprint density at radius 2 is 2.17 bits per heavy atom. The Morgan fingerprint density at radius 1 is 1.43 bits per heavy atom. The third-order valence-corrected chi connectivity index (χ3v) is 5.59. The molecule has 1 N–H and O–H groups in total. The van der Waals surface area contributed by atoms with Crippen LogP contribution in [-0.4, -0.2) is 24.4 Å². The molecule has 0 heterocycles. The van der Waals surface area contributed by atoms with Crippen LogP contribution < -0.4 is 0 Å². The molecule has 130 valence electrons. The van der Waals surface area contributed by atoms with E-state index in [1.54, 1.807) is 5.57 Å². The highest BCUT2D eigenvalue weighted by atomic mass is 16.5. The molecule has 23 heavy (non-hydrogen) atoms. The number of aliphatic hydroxyl groups excluding tert-OH is 1. The van der Waals surface area contributed by atoms with Gasteiger partial charge in [-0.1, -0.05) is 37.3 Å². The summed E-state index contributed by atoms with van der Waals surface area (Å²) < 4.78 is 5.70. The summed E-state index contributed by atoms with van der Waals surface area (Å²) in [6, 6.07) is 0. The summed E-state index contributed by atoms with van der Waals surface area (Å²) in [5, 5.41) is 10.3. The lowest BCUT2D eigenvalue weighted by atomic mass is 9.63. The van der Waals surface area contributed by atoms with Crippen LogP contribution in [0.15, 0.2) is 11.6 Å². The monoisotopic (exact) mass is 318 g/mol. The molecule has 1 saturated carbocycles. The average molecular weight is 319 g/mol. The van der Waals surface area contributed by atoms with Gasteiger partial charge in [0.2, 0.25) is 0 Å². The van der Waals surface area contributed by atoms with Gasteiger partial charge in [-0.3, -0.25) is 0 Å². The van der Waals surface area contributed by atoms with Crippen molar-refractivity contribution in [3.05, 3.63) is 11.6 Å². The molecule has 0 spiro atoms. The van der Waals surface area contributed by atoms with Crippen LogP contribution in [-0.2, 0) is 4.74 Å². The fourth-order valence-corrected chi connectivity index (χ4v) is 4.36. The van der Waals surface area contributed by atoms with Gasteiger partial charge in [-0.05, 0) is 70.1 Å². The van der Waals surface area contributed by atoms with Crippen LogP contribution >= 0.6 is 0 Å². The Kier molecular flexibility index (Phi) is 5.98. The Hall–Kier alpha value is -0.780. The summed E-state index contributed by atoms with van der Waals surface area (Å²) in [4.78, 5) is 0. The van der Waals surface area contributed by atoms with Crippen LogP contribution in [0, 0.1) is 34.5 Å². The van der Waals surface area contributed by atoms with Gasteiger partial charge in [-0.15, -0.1) is 0 Å². The van der Waals surface area contributed by atoms with Crippen LogP contribution in [0.25, 0.3) is 0 Å². The van der Waals surface area contributed by atoms with Crippen molar-refractivity contribution in [1.29, 1.82) is 0 Å². The van der Waals surface area contributed by atoms with Crippen LogP contribution in [0.5, 0.6) is 0 Å². The number of hydrogen-bond acceptors (Lipinski definition) is 2. The molecule has 0 saturated heterocycles. The zero-order valence-corrected chi connectivity index (χ0v) is 15.6. The smallest absolute Gasteiger partial charge is 0.107 e. The first-order valence-electron chi connectivity index (χ1n) is 9.20.